The summed E-state index contributed by atoms with van der Waals surface area (Å²) in [6.45, 7) is 4.32. The Bertz CT molecular complexity index is 874. The van der Waals surface area contributed by atoms with E-state index in [1.807, 2.05) is 6.92 Å². The zero-order valence-corrected chi connectivity index (χ0v) is 16.4. The number of hydrogen-bond acceptors (Lipinski definition) is 5. The van der Waals surface area contributed by atoms with Gasteiger partial charge in [-0.15, -0.1) is 0 Å². The van der Waals surface area contributed by atoms with Crippen molar-refractivity contribution in [1.82, 2.24) is 0 Å². The number of hydrogen-bond donors (Lipinski definition) is 1. The molecule has 2 aromatic rings. The molecule has 0 bridgehead atoms. The van der Waals surface area contributed by atoms with Gasteiger partial charge in [0.05, 0.1) is 19.9 Å². The summed E-state index contributed by atoms with van der Waals surface area (Å²) in [5.41, 5.74) is 1.50. The number of benzene rings is 2. The molecule has 3 rings (SSSR count). The molecule has 28 heavy (non-hydrogen) atoms. The maximum atomic E-state index is 12.9. The third-order valence-electron chi connectivity index (χ3n) is 4.53. The maximum Gasteiger partial charge on any atom is 0.267 e. The zero-order valence-electron chi connectivity index (χ0n) is 16.4. The van der Waals surface area contributed by atoms with Gasteiger partial charge in [-0.3, -0.25) is 9.59 Å². The molecule has 0 fully saturated rings. The van der Waals surface area contributed by atoms with Crippen LogP contribution in [0.4, 0.5) is 11.4 Å². The fourth-order valence-electron chi connectivity index (χ4n) is 3.21. The Morgan fingerprint density at radius 2 is 1.86 bits per heavy atom. The largest absolute Gasteiger partial charge is 0.496 e. The minimum Gasteiger partial charge on any atom is -0.496 e. The smallest absolute Gasteiger partial charge is 0.267 e. The van der Waals surface area contributed by atoms with Crippen molar-refractivity contribution in [2.45, 2.75) is 26.4 Å². The second-order valence-electron chi connectivity index (χ2n) is 6.42. The summed E-state index contributed by atoms with van der Waals surface area (Å²) in [5, 5.41) is 2.85. The Hall–Kier alpha value is -3.22. The number of fused-ring (bicyclic) bond motifs is 1. The highest BCUT2D eigenvalue weighted by molar-refractivity contribution is 6.09. The molecule has 0 aliphatic carbocycles. The lowest BCUT2D eigenvalue weighted by Gasteiger charge is -2.33. The molecule has 0 saturated carbocycles. The molecule has 148 valence electrons. The summed E-state index contributed by atoms with van der Waals surface area (Å²) in [7, 11) is 2.99. The molecule has 1 aliphatic heterocycles. The van der Waals surface area contributed by atoms with Crippen molar-refractivity contribution in [3.05, 3.63) is 42.0 Å². The molecule has 1 unspecified atom stereocenters. The van der Waals surface area contributed by atoms with Crippen LogP contribution in [0.2, 0.25) is 0 Å². The molecule has 0 spiro atoms. The first-order chi connectivity index (χ1) is 13.5. The van der Waals surface area contributed by atoms with Crippen molar-refractivity contribution in [3.8, 4) is 17.2 Å². The van der Waals surface area contributed by atoms with Crippen LogP contribution in [0.1, 0.15) is 30.6 Å². The van der Waals surface area contributed by atoms with Crippen molar-refractivity contribution in [2.75, 3.05) is 31.0 Å². The fraction of sp³-hybridized carbons (Fsp3) is 0.333. The van der Waals surface area contributed by atoms with Gasteiger partial charge in [0.1, 0.15) is 22.8 Å². The van der Waals surface area contributed by atoms with Crippen molar-refractivity contribution in [2.24, 2.45) is 0 Å². The Morgan fingerprint density at radius 1 is 1.18 bits per heavy atom. The van der Waals surface area contributed by atoms with Gasteiger partial charge in [0, 0.05) is 12.2 Å². The lowest BCUT2D eigenvalue weighted by atomic mass is 10.1. The highest BCUT2D eigenvalue weighted by Gasteiger charge is 2.31. The van der Waals surface area contributed by atoms with Gasteiger partial charge in [0.25, 0.3) is 11.8 Å². The minimum atomic E-state index is -0.530. The normalized spacial score (nSPS) is 15.5. The number of carbonyl (C=O) groups excluding carboxylic acids is 2. The summed E-state index contributed by atoms with van der Waals surface area (Å²) in [5.74, 6) is 0.981. The lowest BCUT2D eigenvalue weighted by Crippen LogP contribution is -2.44. The second kappa shape index (κ2) is 8.21. The number of ether oxygens (including phenoxy) is 3. The van der Waals surface area contributed by atoms with Gasteiger partial charge in [-0.25, -0.2) is 0 Å². The molecule has 2 aromatic carbocycles. The van der Waals surface area contributed by atoms with Crippen molar-refractivity contribution in [3.63, 3.8) is 0 Å². The Balaban J connectivity index is 1.93. The van der Waals surface area contributed by atoms with Crippen LogP contribution in [0.25, 0.3) is 0 Å². The van der Waals surface area contributed by atoms with E-state index in [0.717, 1.165) is 6.42 Å². The van der Waals surface area contributed by atoms with E-state index in [0.29, 0.717) is 40.7 Å². The van der Waals surface area contributed by atoms with Crippen LogP contribution in [0.5, 0.6) is 17.2 Å². The van der Waals surface area contributed by atoms with Gasteiger partial charge in [-0.05, 0) is 43.7 Å². The molecule has 0 aromatic heterocycles. The van der Waals surface area contributed by atoms with E-state index in [4.69, 9.17) is 14.2 Å². The number of rotatable bonds is 6. The first kappa shape index (κ1) is 19.5. The summed E-state index contributed by atoms with van der Waals surface area (Å²) < 4.78 is 16.3. The number of methoxy groups -OCH3 is 2. The predicted octanol–water partition coefficient (Wildman–Crippen LogP) is 3.48. The van der Waals surface area contributed by atoms with E-state index in [1.165, 1.54) is 14.2 Å². The number of nitrogens with zero attached hydrogens (tertiary/aromatic N) is 1. The summed E-state index contributed by atoms with van der Waals surface area (Å²) in [4.78, 5) is 27.1. The minimum absolute atomic E-state index is 0.0933. The third-order valence-corrected chi connectivity index (χ3v) is 4.53. The van der Waals surface area contributed by atoms with E-state index >= 15 is 0 Å². The van der Waals surface area contributed by atoms with Crippen molar-refractivity contribution < 1.29 is 23.8 Å². The van der Waals surface area contributed by atoms with Gasteiger partial charge < -0.3 is 24.4 Å². The van der Waals surface area contributed by atoms with Gasteiger partial charge in [0.15, 0.2) is 6.10 Å². The predicted molar refractivity (Wildman–Crippen MR) is 107 cm³/mol. The van der Waals surface area contributed by atoms with E-state index in [9.17, 15) is 9.59 Å². The monoisotopic (exact) mass is 384 g/mol. The van der Waals surface area contributed by atoms with Crippen LogP contribution >= 0.6 is 0 Å². The lowest BCUT2D eigenvalue weighted by molar-refractivity contribution is -0.125. The van der Waals surface area contributed by atoms with E-state index in [-0.39, 0.29) is 11.8 Å². The molecule has 2 amide bonds. The van der Waals surface area contributed by atoms with Crippen LogP contribution in [-0.4, -0.2) is 38.7 Å². The van der Waals surface area contributed by atoms with Gasteiger partial charge in [-0.2, -0.15) is 0 Å². The number of carbonyl (C=O) groups is 2. The Labute approximate surface area is 164 Å². The molecule has 7 nitrogen and oxygen atoms in total. The molecular formula is C21H24N2O5. The molecule has 7 heteroatoms. The topological polar surface area (TPSA) is 77.1 Å². The quantitative estimate of drug-likeness (QED) is 0.825. The molecular weight excluding hydrogens is 360 g/mol. The first-order valence-electron chi connectivity index (χ1n) is 9.14. The maximum absolute atomic E-state index is 12.9. The Morgan fingerprint density at radius 3 is 2.46 bits per heavy atom. The number of anilines is 2. The summed E-state index contributed by atoms with van der Waals surface area (Å²) in [6.07, 6.45) is 0.282. The standard InChI is InChI=1S/C21H24N2O5/c1-5-11-23-15-12-14(9-10-16(15)28-13(2)21(23)25)22-20(24)19-17(26-3)7-6-8-18(19)27-4/h6-10,12-13H,5,11H2,1-4H3,(H,22,24). The van der Waals surface area contributed by atoms with Crippen LogP contribution in [-0.2, 0) is 4.79 Å². The Kier molecular flexibility index (Phi) is 5.73. The number of nitrogens with one attached hydrogen (secondary N) is 1. The van der Waals surface area contributed by atoms with Gasteiger partial charge in [-0.1, -0.05) is 13.0 Å². The molecule has 1 aliphatic rings. The van der Waals surface area contributed by atoms with E-state index in [2.05, 4.69) is 5.32 Å². The fourth-order valence-corrected chi connectivity index (χ4v) is 3.21. The van der Waals surface area contributed by atoms with Crippen molar-refractivity contribution >= 4 is 23.2 Å². The van der Waals surface area contributed by atoms with Gasteiger partial charge >= 0.3 is 0 Å². The number of amides is 2. The highest BCUT2D eigenvalue weighted by atomic mass is 16.5. The third kappa shape index (κ3) is 3.60. The second-order valence-corrected chi connectivity index (χ2v) is 6.42. The van der Waals surface area contributed by atoms with Crippen LogP contribution < -0.4 is 24.4 Å². The summed E-state index contributed by atoms with van der Waals surface area (Å²) >= 11 is 0. The van der Waals surface area contributed by atoms with Crippen LogP contribution in [0.3, 0.4) is 0 Å². The summed E-state index contributed by atoms with van der Waals surface area (Å²) in [6, 6.07) is 10.4. The average molecular weight is 384 g/mol. The molecule has 1 atom stereocenters. The first-order valence-corrected chi connectivity index (χ1v) is 9.14. The van der Waals surface area contributed by atoms with E-state index < -0.39 is 6.10 Å². The zero-order chi connectivity index (χ0) is 20.3. The molecule has 0 saturated heterocycles. The van der Waals surface area contributed by atoms with Crippen LogP contribution in [0, 0.1) is 0 Å². The highest BCUT2D eigenvalue weighted by Crippen LogP contribution is 2.37. The van der Waals surface area contributed by atoms with Gasteiger partial charge in [0.2, 0.25) is 0 Å². The SMILES string of the molecule is CCCN1C(=O)C(C)Oc2ccc(NC(=O)c3c(OC)cccc3OC)cc21. The average Bonchev–Trinajstić information content (AvgIpc) is 2.71. The van der Waals surface area contributed by atoms with E-state index in [1.54, 1.807) is 48.2 Å². The van der Waals surface area contributed by atoms with Crippen molar-refractivity contribution in [1.29, 1.82) is 0 Å². The molecule has 0 radical (unpaired) electrons. The van der Waals surface area contributed by atoms with Crippen LogP contribution in [0.15, 0.2) is 36.4 Å². The molecule has 1 N–H and O–H groups in total. The molecule has 1 heterocycles.